The van der Waals surface area contributed by atoms with Crippen LogP contribution >= 0.6 is 27.5 Å². The molecule has 0 N–H and O–H groups in total. The maximum Gasteiger partial charge on any atom is 0.116 e. The molecule has 2 aromatic rings. The zero-order valence-corrected chi connectivity index (χ0v) is 10.8. The number of rotatable bonds is 1. The highest BCUT2D eigenvalue weighted by molar-refractivity contribution is 9.10. The summed E-state index contributed by atoms with van der Waals surface area (Å²) in [4.78, 5) is 8.50. The normalized spacial score (nSPS) is 11.3. The third-order valence-electron chi connectivity index (χ3n) is 2.23. The van der Waals surface area contributed by atoms with Crippen LogP contribution < -0.4 is 0 Å². The Morgan fingerprint density at radius 1 is 1.27 bits per heavy atom. The van der Waals surface area contributed by atoms with Gasteiger partial charge < -0.3 is 0 Å². The van der Waals surface area contributed by atoms with Crippen LogP contribution in [0.5, 0.6) is 0 Å². The fourth-order valence-electron chi connectivity index (χ4n) is 1.57. The van der Waals surface area contributed by atoms with Gasteiger partial charge in [0.25, 0.3) is 0 Å². The molecule has 0 spiro atoms. The van der Waals surface area contributed by atoms with Crippen LogP contribution in [0, 0.1) is 0 Å². The van der Waals surface area contributed by atoms with Gasteiger partial charge in [-0.15, -0.1) is 0 Å². The first kappa shape index (κ1) is 10.8. The van der Waals surface area contributed by atoms with Gasteiger partial charge in [0.05, 0.1) is 16.2 Å². The number of hydrogen-bond donors (Lipinski definition) is 0. The van der Waals surface area contributed by atoms with Gasteiger partial charge in [-0.05, 0) is 18.1 Å². The fraction of sp³-hybridized carbons (Fsp3) is 0.273. The van der Waals surface area contributed by atoms with Gasteiger partial charge in [0.2, 0.25) is 0 Å². The Morgan fingerprint density at radius 2 is 2.00 bits per heavy atom. The van der Waals surface area contributed by atoms with Crippen molar-refractivity contribution in [2.75, 3.05) is 0 Å². The molecule has 2 nitrogen and oxygen atoms in total. The minimum Gasteiger partial charge on any atom is -0.240 e. The lowest BCUT2D eigenvalue weighted by atomic mass is 10.1. The van der Waals surface area contributed by atoms with Crippen molar-refractivity contribution in [3.8, 4) is 0 Å². The molecule has 0 unspecified atom stereocenters. The molecule has 0 saturated carbocycles. The Hall–Kier alpha value is -0.670. The van der Waals surface area contributed by atoms with Crippen LogP contribution in [-0.2, 0) is 0 Å². The summed E-state index contributed by atoms with van der Waals surface area (Å²) < 4.78 is 0.955. The van der Waals surface area contributed by atoms with Gasteiger partial charge in [-0.3, -0.25) is 0 Å². The minimum absolute atomic E-state index is 0.362. The second kappa shape index (κ2) is 4.06. The second-order valence-corrected chi connectivity index (χ2v) is 5.02. The van der Waals surface area contributed by atoms with Crippen molar-refractivity contribution in [2.45, 2.75) is 19.8 Å². The van der Waals surface area contributed by atoms with Gasteiger partial charge >= 0.3 is 0 Å². The molecule has 1 aromatic heterocycles. The summed E-state index contributed by atoms with van der Waals surface area (Å²) in [5, 5.41) is 1.68. The molecule has 15 heavy (non-hydrogen) atoms. The smallest absolute Gasteiger partial charge is 0.116 e. The van der Waals surface area contributed by atoms with Gasteiger partial charge in [0, 0.05) is 9.86 Å². The lowest BCUT2D eigenvalue weighted by Gasteiger charge is -2.09. The standard InChI is InChI=1S/C11H10BrClN2/c1-6(2)10-8-3-7(12)4-9(13)11(8)15-5-14-10/h3-6H,1-2H3. The predicted molar refractivity (Wildman–Crippen MR) is 66.3 cm³/mol. The van der Waals surface area contributed by atoms with Crippen molar-refractivity contribution < 1.29 is 0 Å². The van der Waals surface area contributed by atoms with Crippen LogP contribution in [0.2, 0.25) is 5.02 Å². The molecule has 0 aliphatic heterocycles. The van der Waals surface area contributed by atoms with Gasteiger partial charge in [-0.1, -0.05) is 41.4 Å². The van der Waals surface area contributed by atoms with Crippen LogP contribution in [-0.4, -0.2) is 9.97 Å². The van der Waals surface area contributed by atoms with Crippen molar-refractivity contribution >= 4 is 38.4 Å². The molecule has 0 saturated heterocycles. The van der Waals surface area contributed by atoms with Crippen LogP contribution in [0.1, 0.15) is 25.5 Å². The van der Waals surface area contributed by atoms with E-state index in [0.717, 1.165) is 21.1 Å². The molecule has 0 bridgehead atoms. The molecule has 4 heteroatoms. The first-order valence-electron chi connectivity index (χ1n) is 4.69. The van der Waals surface area contributed by atoms with Crippen molar-refractivity contribution in [2.24, 2.45) is 0 Å². The van der Waals surface area contributed by atoms with E-state index in [-0.39, 0.29) is 0 Å². The number of benzene rings is 1. The summed E-state index contributed by atoms with van der Waals surface area (Å²) in [6, 6.07) is 3.86. The van der Waals surface area contributed by atoms with E-state index in [1.807, 2.05) is 12.1 Å². The van der Waals surface area contributed by atoms with Gasteiger partial charge in [-0.2, -0.15) is 0 Å². The van der Waals surface area contributed by atoms with Crippen molar-refractivity contribution in [1.82, 2.24) is 9.97 Å². The predicted octanol–water partition coefficient (Wildman–Crippen LogP) is 4.17. The monoisotopic (exact) mass is 284 g/mol. The van der Waals surface area contributed by atoms with Crippen molar-refractivity contribution in [3.63, 3.8) is 0 Å². The van der Waals surface area contributed by atoms with E-state index in [4.69, 9.17) is 11.6 Å². The summed E-state index contributed by atoms with van der Waals surface area (Å²) in [6.45, 7) is 4.22. The van der Waals surface area contributed by atoms with Gasteiger partial charge in [0.15, 0.2) is 0 Å². The summed E-state index contributed by atoms with van der Waals surface area (Å²) in [5.41, 5.74) is 1.85. The number of aromatic nitrogens is 2. The molecule has 78 valence electrons. The highest BCUT2D eigenvalue weighted by Gasteiger charge is 2.10. The highest BCUT2D eigenvalue weighted by atomic mass is 79.9. The number of fused-ring (bicyclic) bond motifs is 1. The Balaban J connectivity index is 2.85. The van der Waals surface area contributed by atoms with E-state index < -0.39 is 0 Å². The Labute approximate surface area is 102 Å². The highest BCUT2D eigenvalue weighted by Crippen LogP contribution is 2.30. The summed E-state index contributed by atoms with van der Waals surface area (Å²) in [7, 11) is 0. The van der Waals surface area contributed by atoms with Crippen LogP contribution in [0.15, 0.2) is 22.9 Å². The molecule has 2 rings (SSSR count). The third kappa shape index (κ3) is 1.99. The fourth-order valence-corrected chi connectivity index (χ4v) is 2.43. The molecular formula is C11H10BrClN2. The summed E-state index contributed by atoms with van der Waals surface area (Å²) >= 11 is 9.55. The Bertz CT molecular complexity index is 511. The lowest BCUT2D eigenvalue weighted by Crippen LogP contribution is -1.96. The average molecular weight is 286 g/mol. The van der Waals surface area contributed by atoms with E-state index >= 15 is 0 Å². The first-order chi connectivity index (χ1) is 7.09. The second-order valence-electron chi connectivity index (χ2n) is 3.70. The largest absolute Gasteiger partial charge is 0.240 e. The Kier molecular flexibility index (Phi) is 2.94. The molecule has 0 fully saturated rings. The quantitative estimate of drug-likeness (QED) is 0.786. The third-order valence-corrected chi connectivity index (χ3v) is 2.98. The van der Waals surface area contributed by atoms with E-state index in [1.165, 1.54) is 0 Å². The van der Waals surface area contributed by atoms with Gasteiger partial charge in [0.1, 0.15) is 6.33 Å². The van der Waals surface area contributed by atoms with E-state index in [2.05, 4.69) is 39.7 Å². The maximum atomic E-state index is 6.12. The zero-order valence-electron chi connectivity index (χ0n) is 8.46. The zero-order chi connectivity index (χ0) is 11.0. The first-order valence-corrected chi connectivity index (χ1v) is 5.86. The lowest BCUT2D eigenvalue weighted by molar-refractivity contribution is 0.828. The molecule has 0 aliphatic carbocycles. The summed E-state index contributed by atoms with van der Waals surface area (Å²) in [5.74, 6) is 0.362. The molecule has 0 radical (unpaired) electrons. The SMILES string of the molecule is CC(C)c1ncnc2c(Cl)cc(Br)cc12. The van der Waals surface area contributed by atoms with E-state index in [0.29, 0.717) is 10.9 Å². The summed E-state index contributed by atoms with van der Waals surface area (Å²) in [6.07, 6.45) is 1.57. The van der Waals surface area contributed by atoms with Crippen LogP contribution in [0.4, 0.5) is 0 Å². The number of nitrogens with zero attached hydrogens (tertiary/aromatic N) is 2. The molecule has 0 atom stereocenters. The van der Waals surface area contributed by atoms with Crippen LogP contribution in [0.3, 0.4) is 0 Å². The maximum absolute atomic E-state index is 6.12. The topological polar surface area (TPSA) is 25.8 Å². The van der Waals surface area contributed by atoms with E-state index in [9.17, 15) is 0 Å². The van der Waals surface area contributed by atoms with Crippen molar-refractivity contribution in [3.05, 3.63) is 33.6 Å². The molecule has 1 heterocycles. The number of halogens is 2. The van der Waals surface area contributed by atoms with Crippen molar-refractivity contribution in [1.29, 1.82) is 0 Å². The molecular weight excluding hydrogens is 275 g/mol. The van der Waals surface area contributed by atoms with Crippen LogP contribution in [0.25, 0.3) is 10.9 Å². The minimum atomic E-state index is 0.362. The van der Waals surface area contributed by atoms with E-state index in [1.54, 1.807) is 6.33 Å². The number of hydrogen-bond acceptors (Lipinski definition) is 2. The molecule has 1 aromatic carbocycles. The molecule has 0 aliphatic rings. The average Bonchev–Trinajstić information content (AvgIpc) is 2.16. The van der Waals surface area contributed by atoms with Gasteiger partial charge in [-0.25, -0.2) is 9.97 Å². The Morgan fingerprint density at radius 3 is 2.67 bits per heavy atom. The molecule has 0 amide bonds.